The Balaban J connectivity index is 1.66. The maximum Gasteiger partial charge on any atom is 0.324 e. The summed E-state index contributed by atoms with van der Waals surface area (Å²) in [6.07, 6.45) is 0. The molecule has 0 atom stereocenters. The number of carbonyl (C=O) groups is 1. The van der Waals surface area contributed by atoms with E-state index in [1.165, 1.54) is 23.5 Å². The monoisotopic (exact) mass is 446 g/mol. The lowest BCUT2D eigenvalue weighted by atomic mass is 10.1. The third kappa shape index (κ3) is 4.36. The predicted molar refractivity (Wildman–Crippen MR) is 119 cm³/mol. The molecule has 1 amide bonds. The molecule has 8 nitrogen and oxygen atoms in total. The topological polar surface area (TPSA) is 88.8 Å². The lowest BCUT2D eigenvalue weighted by Gasteiger charge is -2.29. The van der Waals surface area contributed by atoms with Gasteiger partial charge in [-0.25, -0.2) is 4.98 Å². The SMILES string of the molecule is Cc1cc(C)c2nc(N(CCN3CCOCC3)C(=O)c3ccc([N+](=O)[O-])s3)sc2c1. The fraction of sp³-hybridized carbons (Fsp3) is 0.400. The molecule has 10 heteroatoms. The normalized spacial score (nSPS) is 14.9. The minimum absolute atomic E-state index is 0.0396. The number of rotatable bonds is 6. The van der Waals surface area contributed by atoms with E-state index in [1.54, 1.807) is 4.90 Å². The molecule has 0 unspecified atom stereocenters. The number of aryl methyl sites for hydroxylation is 2. The van der Waals surface area contributed by atoms with Crippen LogP contribution in [0.25, 0.3) is 10.2 Å². The van der Waals surface area contributed by atoms with Gasteiger partial charge in [0, 0.05) is 32.2 Å². The first-order chi connectivity index (χ1) is 14.4. The molecule has 1 aliphatic rings. The summed E-state index contributed by atoms with van der Waals surface area (Å²) >= 11 is 2.38. The number of benzene rings is 1. The van der Waals surface area contributed by atoms with Crippen molar-refractivity contribution in [2.24, 2.45) is 0 Å². The molecule has 1 fully saturated rings. The number of nitrogens with zero attached hydrogens (tertiary/aromatic N) is 4. The Bertz CT molecular complexity index is 1090. The molecule has 3 aromatic rings. The minimum atomic E-state index is -0.469. The lowest BCUT2D eigenvalue weighted by Crippen LogP contribution is -2.43. The summed E-state index contributed by atoms with van der Waals surface area (Å²) in [6.45, 7) is 8.23. The van der Waals surface area contributed by atoms with Crippen molar-refractivity contribution in [3.63, 3.8) is 0 Å². The van der Waals surface area contributed by atoms with Crippen LogP contribution >= 0.6 is 22.7 Å². The van der Waals surface area contributed by atoms with Crippen LogP contribution < -0.4 is 4.90 Å². The lowest BCUT2D eigenvalue weighted by molar-refractivity contribution is -0.380. The number of nitro groups is 1. The number of carbonyl (C=O) groups excluding carboxylic acids is 1. The molecule has 0 radical (unpaired) electrons. The number of morpholine rings is 1. The summed E-state index contributed by atoms with van der Waals surface area (Å²) in [6, 6.07) is 7.05. The van der Waals surface area contributed by atoms with Gasteiger partial charge < -0.3 is 4.74 Å². The van der Waals surface area contributed by atoms with Gasteiger partial charge in [0.1, 0.15) is 0 Å². The summed E-state index contributed by atoms with van der Waals surface area (Å²) < 4.78 is 6.43. The molecule has 1 saturated heterocycles. The standard InChI is InChI=1S/C20H22N4O4S2/c1-13-11-14(2)18-16(12-13)30-20(21-18)23(6-5-22-7-9-28-10-8-22)19(25)15-3-4-17(29-15)24(26)27/h3-4,11-12H,5-10H2,1-2H3. The highest BCUT2D eigenvalue weighted by atomic mass is 32.1. The number of aromatic nitrogens is 1. The smallest absolute Gasteiger partial charge is 0.324 e. The number of hydrogen-bond acceptors (Lipinski definition) is 8. The zero-order chi connectivity index (χ0) is 21.3. The average Bonchev–Trinajstić information content (AvgIpc) is 3.36. The van der Waals surface area contributed by atoms with Crippen molar-refractivity contribution in [2.45, 2.75) is 13.8 Å². The van der Waals surface area contributed by atoms with E-state index < -0.39 is 4.92 Å². The Morgan fingerprint density at radius 1 is 1.27 bits per heavy atom. The second-order valence-corrected chi connectivity index (χ2v) is 9.30. The Labute approximate surface area is 181 Å². The number of thiazole rings is 1. The molecule has 0 N–H and O–H groups in total. The maximum atomic E-state index is 13.3. The Morgan fingerprint density at radius 3 is 2.73 bits per heavy atom. The molecule has 4 rings (SSSR count). The molecule has 158 valence electrons. The highest BCUT2D eigenvalue weighted by molar-refractivity contribution is 7.22. The van der Waals surface area contributed by atoms with Crippen molar-refractivity contribution in [3.05, 3.63) is 50.4 Å². The van der Waals surface area contributed by atoms with Crippen LogP contribution in [0.5, 0.6) is 0 Å². The molecule has 0 bridgehead atoms. The Hall–Kier alpha value is -2.40. The van der Waals surface area contributed by atoms with E-state index in [0.29, 0.717) is 36.3 Å². The summed E-state index contributed by atoms with van der Waals surface area (Å²) in [4.78, 5) is 32.9. The molecule has 30 heavy (non-hydrogen) atoms. The highest BCUT2D eigenvalue weighted by Gasteiger charge is 2.26. The van der Waals surface area contributed by atoms with Crippen LogP contribution in [0, 0.1) is 24.0 Å². The summed E-state index contributed by atoms with van der Waals surface area (Å²) in [5.41, 5.74) is 3.11. The minimum Gasteiger partial charge on any atom is -0.379 e. The van der Waals surface area contributed by atoms with E-state index in [2.05, 4.69) is 17.0 Å². The number of ether oxygens (including phenoxy) is 1. The molecule has 1 aliphatic heterocycles. The molecular weight excluding hydrogens is 424 g/mol. The van der Waals surface area contributed by atoms with Crippen molar-refractivity contribution in [2.75, 3.05) is 44.3 Å². The van der Waals surface area contributed by atoms with Gasteiger partial charge in [-0.1, -0.05) is 28.7 Å². The number of anilines is 1. The third-order valence-corrected chi connectivity index (χ3v) is 7.07. The molecule has 0 aliphatic carbocycles. The zero-order valence-corrected chi connectivity index (χ0v) is 18.4. The van der Waals surface area contributed by atoms with Gasteiger partial charge in [0.25, 0.3) is 5.91 Å². The van der Waals surface area contributed by atoms with E-state index in [9.17, 15) is 14.9 Å². The van der Waals surface area contributed by atoms with Crippen LogP contribution in [-0.2, 0) is 4.74 Å². The van der Waals surface area contributed by atoms with Crippen molar-refractivity contribution < 1.29 is 14.5 Å². The van der Waals surface area contributed by atoms with Crippen molar-refractivity contribution in [1.82, 2.24) is 9.88 Å². The largest absolute Gasteiger partial charge is 0.379 e. The van der Waals surface area contributed by atoms with E-state index in [-0.39, 0.29) is 10.9 Å². The molecule has 0 spiro atoms. The molecule has 0 saturated carbocycles. The van der Waals surface area contributed by atoms with Crippen LogP contribution in [0.15, 0.2) is 24.3 Å². The fourth-order valence-electron chi connectivity index (χ4n) is 3.50. The zero-order valence-electron chi connectivity index (χ0n) is 16.8. The number of thiophene rings is 1. The van der Waals surface area contributed by atoms with Gasteiger partial charge in [-0.15, -0.1) is 0 Å². The summed E-state index contributed by atoms with van der Waals surface area (Å²) in [5, 5.41) is 11.6. The Kier molecular flexibility index (Phi) is 6.09. The molecule has 1 aromatic carbocycles. The maximum absolute atomic E-state index is 13.3. The van der Waals surface area contributed by atoms with Crippen LogP contribution in [0.2, 0.25) is 0 Å². The quantitative estimate of drug-likeness (QED) is 0.422. The number of hydrogen-bond donors (Lipinski definition) is 0. The van der Waals surface area contributed by atoms with Crippen molar-refractivity contribution >= 4 is 48.9 Å². The second kappa shape index (κ2) is 8.76. The van der Waals surface area contributed by atoms with Gasteiger partial charge in [-0.2, -0.15) is 0 Å². The first-order valence-corrected chi connectivity index (χ1v) is 11.3. The van der Waals surface area contributed by atoms with Gasteiger partial charge >= 0.3 is 5.00 Å². The van der Waals surface area contributed by atoms with Crippen LogP contribution in [-0.4, -0.2) is 60.1 Å². The summed E-state index contributed by atoms with van der Waals surface area (Å²) in [5.74, 6) is -0.255. The van der Waals surface area contributed by atoms with Crippen LogP contribution in [0.1, 0.15) is 20.8 Å². The average molecular weight is 447 g/mol. The fourth-order valence-corrected chi connectivity index (χ4v) is 5.43. The molecule has 3 heterocycles. The second-order valence-electron chi connectivity index (χ2n) is 7.23. The van der Waals surface area contributed by atoms with Gasteiger partial charge in [-0.05, 0) is 37.1 Å². The van der Waals surface area contributed by atoms with Crippen molar-refractivity contribution in [1.29, 1.82) is 0 Å². The van der Waals surface area contributed by atoms with E-state index in [0.717, 1.165) is 45.8 Å². The van der Waals surface area contributed by atoms with Gasteiger partial charge in [-0.3, -0.25) is 24.7 Å². The van der Waals surface area contributed by atoms with E-state index in [4.69, 9.17) is 9.72 Å². The first kappa shape index (κ1) is 20.9. The molecular formula is C20H22N4O4S2. The van der Waals surface area contributed by atoms with E-state index >= 15 is 0 Å². The number of amides is 1. The summed E-state index contributed by atoms with van der Waals surface area (Å²) in [7, 11) is 0. The Morgan fingerprint density at radius 2 is 2.03 bits per heavy atom. The predicted octanol–water partition coefficient (Wildman–Crippen LogP) is 3.86. The van der Waals surface area contributed by atoms with Gasteiger partial charge in [0.05, 0.1) is 33.2 Å². The molecule has 2 aromatic heterocycles. The van der Waals surface area contributed by atoms with Crippen molar-refractivity contribution in [3.8, 4) is 0 Å². The first-order valence-electron chi connectivity index (χ1n) is 9.66. The van der Waals surface area contributed by atoms with Crippen LogP contribution in [0.3, 0.4) is 0 Å². The third-order valence-electron chi connectivity index (χ3n) is 5.02. The van der Waals surface area contributed by atoms with Gasteiger partial charge in [0.15, 0.2) is 5.13 Å². The van der Waals surface area contributed by atoms with E-state index in [1.807, 2.05) is 13.8 Å². The highest BCUT2D eigenvalue weighted by Crippen LogP contribution is 2.33. The van der Waals surface area contributed by atoms with Gasteiger partial charge in [0.2, 0.25) is 0 Å². The number of fused-ring (bicyclic) bond motifs is 1. The van der Waals surface area contributed by atoms with Crippen LogP contribution in [0.4, 0.5) is 10.1 Å².